The van der Waals surface area contributed by atoms with Crippen LogP contribution < -0.4 is 5.73 Å². The standard InChI is InChI=1S/C11H18N2OS/c1-6-9(12)4-5-10(6)15-11-13-7(2)8(3)14-11/h6,9-10H,4-5,12H2,1-3H3. The molecule has 0 amide bonds. The highest BCUT2D eigenvalue weighted by atomic mass is 32.2. The molecule has 0 aliphatic heterocycles. The zero-order chi connectivity index (χ0) is 11.0. The van der Waals surface area contributed by atoms with Gasteiger partial charge in [0.2, 0.25) is 0 Å². The minimum atomic E-state index is 0.347. The number of hydrogen-bond donors (Lipinski definition) is 1. The number of thioether (sulfide) groups is 1. The van der Waals surface area contributed by atoms with Gasteiger partial charge in [-0.1, -0.05) is 18.7 Å². The summed E-state index contributed by atoms with van der Waals surface area (Å²) < 4.78 is 5.57. The molecule has 1 aromatic rings. The Hall–Kier alpha value is -0.480. The summed E-state index contributed by atoms with van der Waals surface area (Å²) in [4.78, 5) is 4.39. The molecule has 0 aromatic carbocycles. The Bertz CT molecular complexity index is 331. The number of rotatable bonds is 2. The van der Waals surface area contributed by atoms with E-state index in [1.165, 1.54) is 6.42 Å². The van der Waals surface area contributed by atoms with E-state index >= 15 is 0 Å². The first-order valence-electron chi connectivity index (χ1n) is 5.44. The molecule has 1 heterocycles. The van der Waals surface area contributed by atoms with E-state index in [9.17, 15) is 0 Å². The molecule has 84 valence electrons. The van der Waals surface area contributed by atoms with Crippen molar-refractivity contribution in [2.75, 3.05) is 0 Å². The van der Waals surface area contributed by atoms with Gasteiger partial charge in [-0.3, -0.25) is 0 Å². The number of nitrogens with two attached hydrogens (primary N) is 1. The van der Waals surface area contributed by atoms with Gasteiger partial charge in [-0.15, -0.1) is 0 Å². The van der Waals surface area contributed by atoms with Crippen molar-refractivity contribution in [1.29, 1.82) is 0 Å². The van der Waals surface area contributed by atoms with Crippen LogP contribution in [-0.4, -0.2) is 16.3 Å². The molecule has 3 unspecified atom stereocenters. The minimum Gasteiger partial charge on any atom is -0.437 e. The highest BCUT2D eigenvalue weighted by molar-refractivity contribution is 7.99. The van der Waals surface area contributed by atoms with Crippen molar-refractivity contribution in [2.24, 2.45) is 11.7 Å². The maximum Gasteiger partial charge on any atom is 0.256 e. The number of aromatic nitrogens is 1. The lowest BCUT2D eigenvalue weighted by Crippen LogP contribution is -2.25. The Kier molecular flexibility index (Phi) is 3.07. The first kappa shape index (κ1) is 11.0. The van der Waals surface area contributed by atoms with Crippen molar-refractivity contribution in [2.45, 2.75) is 50.1 Å². The molecule has 2 rings (SSSR count). The normalized spacial score (nSPS) is 31.1. The molecule has 3 atom stereocenters. The van der Waals surface area contributed by atoms with E-state index in [1.807, 2.05) is 13.8 Å². The van der Waals surface area contributed by atoms with Crippen LogP contribution in [-0.2, 0) is 0 Å². The second-order valence-corrected chi connectivity index (χ2v) is 5.57. The number of nitrogens with zero attached hydrogens (tertiary/aromatic N) is 1. The zero-order valence-electron chi connectivity index (χ0n) is 9.49. The fraction of sp³-hybridized carbons (Fsp3) is 0.727. The largest absolute Gasteiger partial charge is 0.437 e. The van der Waals surface area contributed by atoms with Gasteiger partial charge in [0.15, 0.2) is 0 Å². The first-order valence-corrected chi connectivity index (χ1v) is 6.32. The molecule has 1 aromatic heterocycles. The van der Waals surface area contributed by atoms with Gasteiger partial charge in [-0.25, -0.2) is 4.98 Å². The van der Waals surface area contributed by atoms with E-state index in [1.54, 1.807) is 11.8 Å². The molecule has 1 aliphatic rings. The maximum atomic E-state index is 5.99. The lowest BCUT2D eigenvalue weighted by atomic mass is 10.1. The Labute approximate surface area is 94.8 Å². The van der Waals surface area contributed by atoms with E-state index in [-0.39, 0.29) is 0 Å². The molecule has 3 nitrogen and oxygen atoms in total. The van der Waals surface area contributed by atoms with Crippen molar-refractivity contribution in [3.63, 3.8) is 0 Å². The van der Waals surface area contributed by atoms with Gasteiger partial charge in [-0.05, 0) is 32.6 Å². The van der Waals surface area contributed by atoms with Crippen molar-refractivity contribution in [1.82, 2.24) is 4.98 Å². The molecule has 0 spiro atoms. The molecule has 1 fully saturated rings. The fourth-order valence-electron chi connectivity index (χ4n) is 1.95. The van der Waals surface area contributed by atoms with Gasteiger partial charge in [0.05, 0.1) is 5.69 Å². The van der Waals surface area contributed by atoms with Gasteiger partial charge in [0.25, 0.3) is 5.22 Å². The molecular weight excluding hydrogens is 208 g/mol. The Morgan fingerprint density at radius 3 is 2.60 bits per heavy atom. The SMILES string of the molecule is Cc1nc(SC2CCC(N)C2C)oc1C. The topological polar surface area (TPSA) is 52.0 Å². The maximum absolute atomic E-state index is 5.99. The third-order valence-electron chi connectivity index (χ3n) is 3.31. The molecule has 0 radical (unpaired) electrons. The summed E-state index contributed by atoms with van der Waals surface area (Å²) in [6, 6.07) is 0.347. The fourth-order valence-corrected chi connectivity index (χ4v) is 3.24. The molecule has 1 aliphatic carbocycles. The quantitative estimate of drug-likeness (QED) is 0.842. The zero-order valence-corrected chi connectivity index (χ0v) is 10.3. The molecular formula is C11H18N2OS. The predicted octanol–water partition coefficient (Wildman–Crippen LogP) is 2.51. The van der Waals surface area contributed by atoms with Crippen LogP contribution >= 0.6 is 11.8 Å². The summed E-state index contributed by atoms with van der Waals surface area (Å²) in [5, 5.41) is 1.37. The van der Waals surface area contributed by atoms with Crippen LogP contribution in [0.4, 0.5) is 0 Å². The lowest BCUT2D eigenvalue weighted by Gasteiger charge is -2.15. The number of aryl methyl sites for hydroxylation is 2. The highest BCUT2D eigenvalue weighted by Gasteiger charge is 2.32. The third kappa shape index (κ3) is 2.21. The molecule has 1 saturated carbocycles. The Morgan fingerprint density at radius 2 is 2.13 bits per heavy atom. The summed E-state index contributed by atoms with van der Waals surface area (Å²) in [5.74, 6) is 1.48. The van der Waals surface area contributed by atoms with E-state index in [4.69, 9.17) is 10.2 Å². The monoisotopic (exact) mass is 226 g/mol. The summed E-state index contributed by atoms with van der Waals surface area (Å²) in [6.07, 6.45) is 2.30. The average molecular weight is 226 g/mol. The van der Waals surface area contributed by atoms with Gasteiger partial charge in [0, 0.05) is 11.3 Å². The van der Waals surface area contributed by atoms with Crippen LogP contribution in [0.2, 0.25) is 0 Å². The molecule has 15 heavy (non-hydrogen) atoms. The highest BCUT2D eigenvalue weighted by Crippen LogP contribution is 2.38. The van der Waals surface area contributed by atoms with Crippen LogP contribution in [0.25, 0.3) is 0 Å². The average Bonchev–Trinajstić information content (AvgIpc) is 2.65. The van der Waals surface area contributed by atoms with E-state index < -0.39 is 0 Å². The summed E-state index contributed by atoms with van der Waals surface area (Å²) >= 11 is 1.74. The summed E-state index contributed by atoms with van der Waals surface area (Å²) in [7, 11) is 0. The first-order chi connectivity index (χ1) is 7.08. The van der Waals surface area contributed by atoms with E-state index in [0.29, 0.717) is 17.2 Å². The summed E-state index contributed by atoms with van der Waals surface area (Å²) in [5.41, 5.74) is 6.99. The van der Waals surface area contributed by atoms with Gasteiger partial charge < -0.3 is 10.2 Å². The van der Waals surface area contributed by atoms with Crippen LogP contribution in [0.1, 0.15) is 31.2 Å². The molecule has 0 bridgehead atoms. The van der Waals surface area contributed by atoms with E-state index in [0.717, 1.165) is 23.1 Å². The van der Waals surface area contributed by atoms with Crippen molar-refractivity contribution < 1.29 is 4.42 Å². The second kappa shape index (κ2) is 4.18. The van der Waals surface area contributed by atoms with Gasteiger partial charge in [-0.2, -0.15) is 0 Å². The Morgan fingerprint density at radius 1 is 1.40 bits per heavy atom. The van der Waals surface area contributed by atoms with Crippen LogP contribution in [0.15, 0.2) is 9.64 Å². The van der Waals surface area contributed by atoms with Crippen molar-refractivity contribution >= 4 is 11.8 Å². The molecule has 4 heteroatoms. The smallest absolute Gasteiger partial charge is 0.256 e. The second-order valence-electron chi connectivity index (χ2n) is 4.38. The minimum absolute atomic E-state index is 0.347. The third-order valence-corrected chi connectivity index (χ3v) is 4.65. The van der Waals surface area contributed by atoms with Gasteiger partial charge >= 0.3 is 0 Å². The lowest BCUT2D eigenvalue weighted by molar-refractivity contribution is 0.428. The predicted molar refractivity (Wildman–Crippen MR) is 62.0 cm³/mol. The van der Waals surface area contributed by atoms with Crippen LogP contribution in [0.3, 0.4) is 0 Å². The van der Waals surface area contributed by atoms with E-state index in [2.05, 4.69) is 11.9 Å². The summed E-state index contributed by atoms with van der Waals surface area (Å²) in [6.45, 7) is 6.15. The van der Waals surface area contributed by atoms with Gasteiger partial charge in [0.1, 0.15) is 5.76 Å². The van der Waals surface area contributed by atoms with Crippen molar-refractivity contribution in [3.8, 4) is 0 Å². The van der Waals surface area contributed by atoms with Crippen LogP contribution in [0, 0.1) is 19.8 Å². The number of hydrogen-bond acceptors (Lipinski definition) is 4. The molecule has 0 saturated heterocycles. The Balaban J connectivity index is 2.03. The van der Waals surface area contributed by atoms with Crippen molar-refractivity contribution in [3.05, 3.63) is 11.5 Å². The number of oxazole rings is 1. The molecule has 2 N–H and O–H groups in total. The van der Waals surface area contributed by atoms with Crippen LogP contribution in [0.5, 0.6) is 0 Å².